The van der Waals surface area contributed by atoms with Crippen molar-refractivity contribution in [2.45, 2.75) is 13.5 Å². The van der Waals surface area contributed by atoms with Gasteiger partial charge in [-0.2, -0.15) is 0 Å². The Bertz CT molecular complexity index is 520. The molecule has 0 atom stereocenters. The molecular formula is C15H16FN. The number of hydrogen-bond acceptors (Lipinski definition) is 1. The molecule has 0 amide bonds. The molecule has 2 rings (SSSR count). The number of aryl methyl sites for hydroxylation is 1. The molecule has 88 valence electrons. The Balaban J connectivity index is 2.57. The van der Waals surface area contributed by atoms with Gasteiger partial charge in [0.15, 0.2) is 0 Å². The minimum absolute atomic E-state index is 0.171. The predicted molar refractivity (Wildman–Crippen MR) is 69.3 cm³/mol. The molecule has 0 aliphatic rings. The first-order valence-corrected chi connectivity index (χ1v) is 5.71. The third kappa shape index (κ3) is 2.53. The van der Waals surface area contributed by atoms with Gasteiger partial charge in [0.1, 0.15) is 5.82 Å². The zero-order valence-corrected chi connectivity index (χ0v) is 10.1. The largest absolute Gasteiger partial charge is 0.316 e. The van der Waals surface area contributed by atoms with Crippen LogP contribution in [0.2, 0.25) is 0 Å². The zero-order valence-electron chi connectivity index (χ0n) is 10.1. The molecule has 2 heteroatoms. The average Bonchev–Trinajstić information content (AvgIpc) is 2.32. The lowest BCUT2D eigenvalue weighted by molar-refractivity contribution is 0.631. The number of hydrogen-bond donors (Lipinski definition) is 1. The topological polar surface area (TPSA) is 12.0 Å². The molecule has 2 aromatic carbocycles. The second-order valence-electron chi connectivity index (χ2n) is 4.17. The molecule has 2 aromatic rings. The fourth-order valence-electron chi connectivity index (χ4n) is 1.97. The Morgan fingerprint density at radius 3 is 2.53 bits per heavy atom. The summed E-state index contributed by atoms with van der Waals surface area (Å²) in [5, 5.41) is 3.11. The van der Waals surface area contributed by atoms with E-state index in [9.17, 15) is 4.39 Å². The van der Waals surface area contributed by atoms with E-state index in [1.807, 2.05) is 38.2 Å². The molecule has 0 radical (unpaired) electrons. The highest BCUT2D eigenvalue weighted by atomic mass is 19.1. The van der Waals surface area contributed by atoms with E-state index in [-0.39, 0.29) is 5.82 Å². The molecule has 0 aliphatic heterocycles. The number of rotatable bonds is 3. The molecule has 0 bridgehead atoms. The Morgan fingerprint density at radius 2 is 1.82 bits per heavy atom. The molecule has 0 aliphatic carbocycles. The summed E-state index contributed by atoms with van der Waals surface area (Å²) in [5.74, 6) is -0.171. The van der Waals surface area contributed by atoms with Crippen LogP contribution in [0.4, 0.5) is 4.39 Å². The first kappa shape index (κ1) is 11.8. The van der Waals surface area contributed by atoms with Crippen molar-refractivity contribution in [3.63, 3.8) is 0 Å². The third-order valence-electron chi connectivity index (χ3n) is 2.80. The second kappa shape index (κ2) is 5.11. The van der Waals surface area contributed by atoms with Crippen LogP contribution in [0.15, 0.2) is 42.5 Å². The van der Waals surface area contributed by atoms with Crippen LogP contribution in [-0.2, 0) is 6.54 Å². The van der Waals surface area contributed by atoms with Gasteiger partial charge in [0.2, 0.25) is 0 Å². The van der Waals surface area contributed by atoms with Crippen molar-refractivity contribution in [1.29, 1.82) is 0 Å². The SMILES string of the molecule is CNCc1ccc(C)cc1-c1ccccc1F. The van der Waals surface area contributed by atoms with Crippen LogP contribution in [0.5, 0.6) is 0 Å². The molecule has 0 saturated carbocycles. The summed E-state index contributed by atoms with van der Waals surface area (Å²) in [6, 6.07) is 13.0. The van der Waals surface area contributed by atoms with E-state index in [1.165, 1.54) is 6.07 Å². The number of benzene rings is 2. The van der Waals surface area contributed by atoms with Crippen LogP contribution in [0.3, 0.4) is 0 Å². The number of halogens is 1. The first-order valence-electron chi connectivity index (χ1n) is 5.71. The highest BCUT2D eigenvalue weighted by Gasteiger charge is 2.08. The maximum absolute atomic E-state index is 13.8. The molecule has 1 N–H and O–H groups in total. The predicted octanol–water partition coefficient (Wildman–Crippen LogP) is 3.52. The quantitative estimate of drug-likeness (QED) is 0.849. The number of nitrogens with one attached hydrogen (secondary N) is 1. The maximum atomic E-state index is 13.8. The molecule has 17 heavy (non-hydrogen) atoms. The van der Waals surface area contributed by atoms with Gasteiger partial charge >= 0.3 is 0 Å². The molecule has 0 saturated heterocycles. The van der Waals surface area contributed by atoms with Crippen LogP contribution in [0.25, 0.3) is 11.1 Å². The van der Waals surface area contributed by atoms with E-state index in [1.54, 1.807) is 6.07 Å². The Morgan fingerprint density at radius 1 is 1.06 bits per heavy atom. The van der Waals surface area contributed by atoms with Gasteiger partial charge in [0.05, 0.1) is 0 Å². The monoisotopic (exact) mass is 229 g/mol. The van der Waals surface area contributed by atoms with Crippen LogP contribution in [0.1, 0.15) is 11.1 Å². The van der Waals surface area contributed by atoms with Crippen LogP contribution in [0, 0.1) is 12.7 Å². The minimum Gasteiger partial charge on any atom is -0.316 e. The Kier molecular flexibility index (Phi) is 3.55. The Hall–Kier alpha value is -1.67. The van der Waals surface area contributed by atoms with Gasteiger partial charge in [-0.15, -0.1) is 0 Å². The van der Waals surface area contributed by atoms with Gasteiger partial charge in [-0.05, 0) is 31.2 Å². The van der Waals surface area contributed by atoms with Crippen LogP contribution >= 0.6 is 0 Å². The van der Waals surface area contributed by atoms with E-state index >= 15 is 0 Å². The van der Waals surface area contributed by atoms with Crippen molar-refractivity contribution in [3.05, 3.63) is 59.4 Å². The summed E-state index contributed by atoms with van der Waals surface area (Å²) >= 11 is 0. The summed E-state index contributed by atoms with van der Waals surface area (Å²) in [4.78, 5) is 0. The summed E-state index contributed by atoms with van der Waals surface area (Å²) in [5.41, 5.74) is 3.89. The lowest BCUT2D eigenvalue weighted by Gasteiger charge is -2.11. The minimum atomic E-state index is -0.171. The zero-order chi connectivity index (χ0) is 12.3. The average molecular weight is 229 g/mol. The molecule has 0 aromatic heterocycles. The lowest BCUT2D eigenvalue weighted by Crippen LogP contribution is -2.06. The molecule has 0 heterocycles. The van der Waals surface area contributed by atoms with Crippen LogP contribution < -0.4 is 5.32 Å². The van der Waals surface area contributed by atoms with Gasteiger partial charge in [-0.1, -0.05) is 42.0 Å². The van der Waals surface area contributed by atoms with Gasteiger partial charge in [0.25, 0.3) is 0 Å². The molecular weight excluding hydrogens is 213 g/mol. The van der Waals surface area contributed by atoms with E-state index in [0.717, 1.165) is 23.2 Å². The van der Waals surface area contributed by atoms with E-state index in [4.69, 9.17) is 0 Å². The summed E-state index contributed by atoms with van der Waals surface area (Å²) in [7, 11) is 1.89. The van der Waals surface area contributed by atoms with Gasteiger partial charge in [-0.25, -0.2) is 4.39 Å². The molecule has 0 fully saturated rings. The van der Waals surface area contributed by atoms with Gasteiger partial charge in [0, 0.05) is 12.1 Å². The fourth-order valence-corrected chi connectivity index (χ4v) is 1.97. The molecule has 0 spiro atoms. The fraction of sp³-hybridized carbons (Fsp3) is 0.200. The highest BCUT2D eigenvalue weighted by Crippen LogP contribution is 2.27. The van der Waals surface area contributed by atoms with Crippen molar-refractivity contribution >= 4 is 0 Å². The third-order valence-corrected chi connectivity index (χ3v) is 2.80. The van der Waals surface area contributed by atoms with Gasteiger partial charge in [-0.3, -0.25) is 0 Å². The molecule has 1 nitrogen and oxygen atoms in total. The van der Waals surface area contributed by atoms with Crippen molar-refractivity contribution in [2.24, 2.45) is 0 Å². The van der Waals surface area contributed by atoms with Crippen molar-refractivity contribution in [3.8, 4) is 11.1 Å². The molecule has 0 unspecified atom stereocenters. The van der Waals surface area contributed by atoms with Gasteiger partial charge < -0.3 is 5.32 Å². The first-order chi connectivity index (χ1) is 8.22. The van der Waals surface area contributed by atoms with E-state index in [2.05, 4.69) is 11.4 Å². The highest BCUT2D eigenvalue weighted by molar-refractivity contribution is 5.68. The summed E-state index contributed by atoms with van der Waals surface area (Å²) < 4.78 is 13.8. The standard InChI is InChI=1S/C15H16FN/c1-11-7-8-12(10-17-2)14(9-11)13-5-3-4-6-15(13)16/h3-9,17H,10H2,1-2H3. The lowest BCUT2D eigenvalue weighted by atomic mass is 9.97. The van der Waals surface area contributed by atoms with E-state index in [0.29, 0.717) is 5.56 Å². The maximum Gasteiger partial charge on any atom is 0.131 e. The van der Waals surface area contributed by atoms with Crippen molar-refractivity contribution < 1.29 is 4.39 Å². The van der Waals surface area contributed by atoms with Crippen LogP contribution in [-0.4, -0.2) is 7.05 Å². The summed E-state index contributed by atoms with van der Waals surface area (Å²) in [6.07, 6.45) is 0. The normalized spacial score (nSPS) is 10.5. The summed E-state index contributed by atoms with van der Waals surface area (Å²) in [6.45, 7) is 2.76. The van der Waals surface area contributed by atoms with Crippen molar-refractivity contribution in [2.75, 3.05) is 7.05 Å². The van der Waals surface area contributed by atoms with Crippen molar-refractivity contribution in [1.82, 2.24) is 5.32 Å². The van der Waals surface area contributed by atoms with E-state index < -0.39 is 0 Å². The Labute approximate surface area is 101 Å². The smallest absolute Gasteiger partial charge is 0.131 e. The second-order valence-corrected chi connectivity index (χ2v) is 4.17.